The van der Waals surface area contributed by atoms with E-state index in [1.165, 1.54) is 0 Å². The van der Waals surface area contributed by atoms with Crippen LogP contribution in [-0.2, 0) is 10.2 Å². The van der Waals surface area contributed by atoms with Crippen LogP contribution in [0.15, 0.2) is 24.3 Å². The minimum Gasteiger partial charge on any atom is -0.376 e. The molecular formula is C18H24N4O. The van der Waals surface area contributed by atoms with Gasteiger partial charge in [-0.1, -0.05) is 39.0 Å². The Kier molecular flexibility index (Phi) is 7.09. The van der Waals surface area contributed by atoms with Crippen LogP contribution in [0.5, 0.6) is 0 Å². The third kappa shape index (κ3) is 6.00. The molecule has 0 saturated carbocycles. The average molecular weight is 312 g/mol. The molecule has 0 unspecified atom stereocenters. The predicted octanol–water partition coefficient (Wildman–Crippen LogP) is 3.05. The molecule has 0 radical (unpaired) electrons. The Hall–Kier alpha value is -2.53. The minimum atomic E-state index is -0.0980. The van der Waals surface area contributed by atoms with E-state index in [1.54, 1.807) is 4.90 Å². The number of benzene rings is 1. The number of hydrogen-bond donors (Lipinski definition) is 1. The SMILES string of the molecule is CC(C)(C)c1ccccc1NCC(=O)N(CCC#N)CCC#N. The van der Waals surface area contributed by atoms with Crippen molar-refractivity contribution in [3.8, 4) is 12.1 Å². The maximum absolute atomic E-state index is 12.3. The third-order valence-electron chi connectivity index (χ3n) is 3.50. The average Bonchev–Trinajstić information content (AvgIpc) is 2.52. The molecule has 1 N–H and O–H groups in total. The molecule has 0 bridgehead atoms. The first kappa shape index (κ1) is 18.5. The molecule has 1 rings (SSSR count). The summed E-state index contributed by atoms with van der Waals surface area (Å²) in [6.45, 7) is 7.26. The summed E-state index contributed by atoms with van der Waals surface area (Å²) in [5, 5.41) is 20.6. The minimum absolute atomic E-state index is 0.0199. The van der Waals surface area contributed by atoms with E-state index in [2.05, 4.69) is 32.2 Å². The molecule has 0 aliphatic carbocycles. The van der Waals surface area contributed by atoms with Gasteiger partial charge in [0.25, 0.3) is 0 Å². The lowest BCUT2D eigenvalue weighted by atomic mass is 9.86. The fraction of sp³-hybridized carbons (Fsp3) is 0.500. The summed E-state index contributed by atoms with van der Waals surface area (Å²) in [4.78, 5) is 13.9. The standard InChI is InChI=1S/C18H24N4O/c1-18(2,3)15-8-4-5-9-16(15)21-14-17(23)22(12-6-10-19)13-7-11-20/h4-5,8-9,21H,6-7,12-14H2,1-3H3. The molecule has 1 aromatic carbocycles. The Morgan fingerprint density at radius 3 is 2.22 bits per heavy atom. The van der Waals surface area contributed by atoms with Gasteiger partial charge in [0.1, 0.15) is 0 Å². The third-order valence-corrected chi connectivity index (χ3v) is 3.50. The van der Waals surface area contributed by atoms with E-state index < -0.39 is 0 Å². The van der Waals surface area contributed by atoms with Gasteiger partial charge in [0.05, 0.1) is 31.5 Å². The highest BCUT2D eigenvalue weighted by atomic mass is 16.2. The number of amides is 1. The fourth-order valence-electron chi connectivity index (χ4n) is 2.31. The normalized spacial score (nSPS) is 10.5. The van der Waals surface area contributed by atoms with Crippen LogP contribution in [0.3, 0.4) is 0 Å². The van der Waals surface area contributed by atoms with Crippen molar-refractivity contribution in [2.45, 2.75) is 39.0 Å². The summed E-state index contributed by atoms with van der Waals surface area (Å²) in [7, 11) is 0. The first-order chi connectivity index (χ1) is 10.9. The van der Waals surface area contributed by atoms with Gasteiger partial charge in [0.15, 0.2) is 0 Å². The molecule has 23 heavy (non-hydrogen) atoms. The molecule has 1 amide bonds. The number of carbonyl (C=O) groups is 1. The molecule has 122 valence electrons. The van der Waals surface area contributed by atoms with Gasteiger partial charge >= 0.3 is 0 Å². The fourth-order valence-corrected chi connectivity index (χ4v) is 2.31. The van der Waals surface area contributed by atoms with Crippen molar-refractivity contribution >= 4 is 11.6 Å². The van der Waals surface area contributed by atoms with Crippen molar-refractivity contribution in [2.24, 2.45) is 0 Å². The van der Waals surface area contributed by atoms with E-state index in [0.717, 1.165) is 11.3 Å². The molecule has 0 fully saturated rings. The number of rotatable bonds is 7. The number of nitriles is 2. The van der Waals surface area contributed by atoms with E-state index in [9.17, 15) is 4.79 Å². The smallest absolute Gasteiger partial charge is 0.241 e. The van der Waals surface area contributed by atoms with E-state index in [-0.39, 0.29) is 30.7 Å². The second-order valence-corrected chi connectivity index (χ2v) is 6.35. The quantitative estimate of drug-likeness (QED) is 0.839. The van der Waals surface area contributed by atoms with Crippen molar-refractivity contribution in [3.63, 3.8) is 0 Å². The van der Waals surface area contributed by atoms with Crippen LogP contribution in [0, 0.1) is 22.7 Å². The van der Waals surface area contributed by atoms with Gasteiger partial charge in [0.2, 0.25) is 5.91 Å². The maximum Gasteiger partial charge on any atom is 0.241 e. The number of nitrogens with one attached hydrogen (secondary N) is 1. The summed E-state index contributed by atoms with van der Waals surface area (Å²) >= 11 is 0. The van der Waals surface area contributed by atoms with Gasteiger partial charge in [-0.05, 0) is 17.0 Å². The first-order valence-corrected chi connectivity index (χ1v) is 7.75. The summed E-state index contributed by atoms with van der Waals surface area (Å²) < 4.78 is 0. The van der Waals surface area contributed by atoms with Crippen LogP contribution in [0.1, 0.15) is 39.2 Å². The van der Waals surface area contributed by atoms with Crippen LogP contribution in [0.2, 0.25) is 0 Å². The van der Waals surface area contributed by atoms with Crippen LogP contribution in [0.4, 0.5) is 5.69 Å². The highest BCUT2D eigenvalue weighted by molar-refractivity contribution is 5.81. The van der Waals surface area contributed by atoms with Crippen LogP contribution in [0.25, 0.3) is 0 Å². The van der Waals surface area contributed by atoms with Crippen molar-refractivity contribution in [2.75, 3.05) is 25.0 Å². The van der Waals surface area contributed by atoms with Gasteiger partial charge in [-0.25, -0.2) is 0 Å². The zero-order valence-electron chi connectivity index (χ0n) is 14.1. The molecule has 0 aliphatic heterocycles. The molecule has 0 saturated heterocycles. The van der Waals surface area contributed by atoms with Gasteiger partial charge in [0, 0.05) is 18.8 Å². The number of carbonyl (C=O) groups excluding carboxylic acids is 1. The van der Waals surface area contributed by atoms with Gasteiger partial charge in [-0.15, -0.1) is 0 Å². The van der Waals surface area contributed by atoms with Crippen molar-refractivity contribution in [1.82, 2.24) is 4.90 Å². The predicted molar refractivity (Wildman–Crippen MR) is 90.7 cm³/mol. The highest BCUT2D eigenvalue weighted by Gasteiger charge is 2.18. The monoisotopic (exact) mass is 312 g/mol. The second kappa shape index (κ2) is 8.80. The maximum atomic E-state index is 12.3. The molecular weight excluding hydrogens is 288 g/mol. The molecule has 0 aromatic heterocycles. The molecule has 0 heterocycles. The van der Waals surface area contributed by atoms with Crippen molar-refractivity contribution < 1.29 is 4.79 Å². The summed E-state index contributed by atoms with van der Waals surface area (Å²) in [5.41, 5.74) is 2.07. The highest BCUT2D eigenvalue weighted by Crippen LogP contribution is 2.29. The van der Waals surface area contributed by atoms with E-state index in [1.807, 2.05) is 30.3 Å². The van der Waals surface area contributed by atoms with E-state index in [4.69, 9.17) is 10.5 Å². The zero-order chi connectivity index (χ0) is 17.3. The van der Waals surface area contributed by atoms with Crippen molar-refractivity contribution in [3.05, 3.63) is 29.8 Å². The van der Waals surface area contributed by atoms with E-state index >= 15 is 0 Å². The van der Waals surface area contributed by atoms with E-state index in [0.29, 0.717) is 13.1 Å². The Morgan fingerprint density at radius 2 is 1.70 bits per heavy atom. The number of nitrogens with zero attached hydrogens (tertiary/aromatic N) is 3. The summed E-state index contributed by atoms with van der Waals surface area (Å²) in [5.74, 6) is -0.0980. The molecule has 0 atom stereocenters. The molecule has 1 aromatic rings. The lowest BCUT2D eigenvalue weighted by molar-refractivity contribution is -0.129. The molecule has 5 nitrogen and oxygen atoms in total. The van der Waals surface area contributed by atoms with Crippen LogP contribution < -0.4 is 5.32 Å². The lowest BCUT2D eigenvalue weighted by Crippen LogP contribution is -2.37. The van der Waals surface area contributed by atoms with Crippen LogP contribution >= 0.6 is 0 Å². The molecule has 0 aliphatic rings. The second-order valence-electron chi connectivity index (χ2n) is 6.35. The summed E-state index contributed by atoms with van der Waals surface area (Å²) in [6.07, 6.45) is 0.547. The van der Waals surface area contributed by atoms with Gasteiger partial charge in [-0.2, -0.15) is 10.5 Å². The zero-order valence-corrected chi connectivity index (χ0v) is 14.1. The van der Waals surface area contributed by atoms with Crippen molar-refractivity contribution in [1.29, 1.82) is 10.5 Å². The van der Waals surface area contributed by atoms with Gasteiger partial charge < -0.3 is 10.2 Å². The number of para-hydroxylation sites is 1. The van der Waals surface area contributed by atoms with Gasteiger partial charge in [-0.3, -0.25) is 4.79 Å². The Morgan fingerprint density at radius 1 is 1.13 bits per heavy atom. The topological polar surface area (TPSA) is 79.9 Å². The van der Waals surface area contributed by atoms with Crippen LogP contribution in [-0.4, -0.2) is 30.4 Å². The lowest BCUT2D eigenvalue weighted by Gasteiger charge is -2.25. The Balaban J connectivity index is 2.74. The number of anilines is 1. The largest absolute Gasteiger partial charge is 0.376 e. The molecule has 0 spiro atoms. The first-order valence-electron chi connectivity index (χ1n) is 7.75. The Bertz CT molecular complexity index is 587. The summed E-state index contributed by atoms with van der Waals surface area (Å²) in [6, 6.07) is 12.0. The number of hydrogen-bond acceptors (Lipinski definition) is 4. The molecule has 5 heteroatoms. The Labute approximate surface area is 138 Å².